The third kappa shape index (κ3) is 1.48. The molecule has 1 aliphatic rings. The number of hydrogen-bond donors (Lipinski definition) is 1. The molecule has 13 heavy (non-hydrogen) atoms. The molecule has 0 radical (unpaired) electrons. The summed E-state index contributed by atoms with van der Waals surface area (Å²) in [5.41, 5.74) is 1.00. The molecule has 3 heteroatoms. The van der Waals surface area contributed by atoms with Crippen molar-refractivity contribution in [2.45, 2.75) is 18.9 Å². The lowest BCUT2D eigenvalue weighted by atomic mass is 9.82. The Morgan fingerprint density at radius 1 is 1.54 bits per heavy atom. The fourth-order valence-corrected chi connectivity index (χ4v) is 2.02. The second-order valence-electron chi connectivity index (χ2n) is 3.57. The van der Waals surface area contributed by atoms with Gasteiger partial charge in [-0.1, -0.05) is 28.1 Å². The first-order valence-corrected chi connectivity index (χ1v) is 4.96. The molecule has 1 aliphatic heterocycles. The Hall–Kier alpha value is -0.830. The van der Waals surface area contributed by atoms with Crippen LogP contribution in [-0.4, -0.2) is 5.91 Å². The Labute approximate surface area is 85.5 Å². The molecular weight excluding hydrogens is 230 g/mol. The Balaban J connectivity index is 2.31. The minimum absolute atomic E-state index is 0.127. The lowest BCUT2D eigenvalue weighted by molar-refractivity contribution is -0.132. The van der Waals surface area contributed by atoms with Gasteiger partial charge in [-0.05, 0) is 24.6 Å². The van der Waals surface area contributed by atoms with Crippen molar-refractivity contribution in [3.05, 3.63) is 34.3 Å². The zero-order valence-corrected chi connectivity index (χ0v) is 8.89. The molecule has 0 aromatic heterocycles. The summed E-state index contributed by atoms with van der Waals surface area (Å²) >= 11 is 3.41. The molecule has 1 aromatic rings. The molecule has 1 saturated heterocycles. The van der Waals surface area contributed by atoms with Crippen LogP contribution in [0.3, 0.4) is 0 Å². The first-order chi connectivity index (χ1) is 6.10. The Bertz CT molecular complexity index is 354. The number of nitrogens with one attached hydrogen (secondary N) is 1. The summed E-state index contributed by atoms with van der Waals surface area (Å²) in [6.07, 6.45) is 0.587. The van der Waals surface area contributed by atoms with E-state index in [1.54, 1.807) is 0 Å². The highest BCUT2D eigenvalue weighted by molar-refractivity contribution is 9.10. The van der Waals surface area contributed by atoms with Gasteiger partial charge in [0.05, 0.1) is 12.0 Å². The van der Waals surface area contributed by atoms with Crippen LogP contribution in [0, 0.1) is 0 Å². The molecule has 2 rings (SSSR count). The summed E-state index contributed by atoms with van der Waals surface area (Å²) in [6, 6.07) is 8.03. The summed E-state index contributed by atoms with van der Waals surface area (Å²) < 4.78 is 1.05. The van der Waals surface area contributed by atoms with Crippen LogP contribution >= 0.6 is 15.9 Å². The van der Waals surface area contributed by atoms with Crippen molar-refractivity contribution in [3.8, 4) is 0 Å². The molecule has 1 heterocycles. The second kappa shape index (κ2) is 2.84. The number of hydrogen-bond acceptors (Lipinski definition) is 1. The van der Waals surface area contributed by atoms with Crippen LogP contribution < -0.4 is 5.32 Å². The molecule has 1 unspecified atom stereocenters. The van der Waals surface area contributed by atoms with Crippen molar-refractivity contribution < 1.29 is 4.79 Å². The molecule has 1 atom stereocenters. The number of carbonyl (C=O) groups is 1. The minimum Gasteiger partial charge on any atom is -0.346 e. The smallest absolute Gasteiger partial charge is 0.223 e. The van der Waals surface area contributed by atoms with Crippen molar-refractivity contribution in [3.63, 3.8) is 0 Å². The third-order valence-corrected chi connectivity index (χ3v) is 2.88. The monoisotopic (exact) mass is 239 g/mol. The second-order valence-corrected chi connectivity index (χ2v) is 4.48. The predicted octanol–water partition coefficient (Wildman–Crippen LogP) is 2.18. The van der Waals surface area contributed by atoms with Crippen LogP contribution in [0.1, 0.15) is 18.9 Å². The lowest BCUT2D eigenvalue weighted by Gasteiger charge is -2.39. The maximum Gasteiger partial charge on any atom is 0.223 e. The van der Waals surface area contributed by atoms with Crippen LogP contribution in [0.5, 0.6) is 0 Å². The largest absolute Gasteiger partial charge is 0.346 e. The van der Waals surface area contributed by atoms with E-state index in [4.69, 9.17) is 0 Å². The van der Waals surface area contributed by atoms with Gasteiger partial charge in [0.15, 0.2) is 0 Å². The van der Waals surface area contributed by atoms with Crippen LogP contribution in [0.2, 0.25) is 0 Å². The highest BCUT2D eigenvalue weighted by Gasteiger charge is 2.39. The van der Waals surface area contributed by atoms with Gasteiger partial charge in [0.25, 0.3) is 0 Å². The van der Waals surface area contributed by atoms with E-state index in [0.717, 1.165) is 10.0 Å². The summed E-state index contributed by atoms with van der Waals surface area (Å²) in [6.45, 7) is 2.04. The lowest BCUT2D eigenvalue weighted by Crippen LogP contribution is -2.56. The summed E-state index contributed by atoms with van der Waals surface area (Å²) in [4.78, 5) is 10.9. The minimum atomic E-state index is -0.152. The van der Waals surface area contributed by atoms with Gasteiger partial charge in [-0.15, -0.1) is 0 Å². The Kier molecular flexibility index (Phi) is 1.91. The van der Waals surface area contributed by atoms with E-state index in [1.165, 1.54) is 0 Å². The first kappa shape index (κ1) is 8.75. The van der Waals surface area contributed by atoms with Gasteiger partial charge in [-0.2, -0.15) is 0 Å². The molecule has 0 spiro atoms. The standard InChI is InChI=1S/C10H10BrNO/c1-10(6-9(13)12-10)7-3-2-4-8(11)5-7/h2-5H,6H2,1H3,(H,12,13). The number of amides is 1. The van der Waals surface area contributed by atoms with Gasteiger partial charge in [0, 0.05) is 4.47 Å². The molecule has 0 aliphatic carbocycles. The summed E-state index contributed by atoms with van der Waals surface area (Å²) in [5, 5.41) is 2.90. The van der Waals surface area contributed by atoms with Gasteiger partial charge in [-0.3, -0.25) is 4.79 Å². The molecule has 0 bridgehead atoms. The molecule has 1 N–H and O–H groups in total. The van der Waals surface area contributed by atoms with E-state index < -0.39 is 0 Å². The zero-order valence-electron chi connectivity index (χ0n) is 7.30. The Morgan fingerprint density at radius 2 is 2.23 bits per heavy atom. The fraction of sp³-hybridized carbons (Fsp3) is 0.300. The van der Waals surface area contributed by atoms with E-state index in [2.05, 4.69) is 21.2 Å². The molecule has 2 nitrogen and oxygen atoms in total. The number of rotatable bonds is 1. The van der Waals surface area contributed by atoms with E-state index in [9.17, 15) is 4.79 Å². The number of benzene rings is 1. The van der Waals surface area contributed by atoms with E-state index in [0.29, 0.717) is 6.42 Å². The SMILES string of the molecule is CC1(c2cccc(Br)c2)CC(=O)N1. The molecule has 68 valence electrons. The van der Waals surface area contributed by atoms with E-state index >= 15 is 0 Å². The quantitative estimate of drug-likeness (QED) is 0.749. The van der Waals surface area contributed by atoms with Crippen LogP contribution in [0.4, 0.5) is 0 Å². The Morgan fingerprint density at radius 3 is 2.77 bits per heavy atom. The third-order valence-electron chi connectivity index (χ3n) is 2.39. The number of carbonyl (C=O) groups excluding carboxylic acids is 1. The predicted molar refractivity (Wildman–Crippen MR) is 54.3 cm³/mol. The zero-order chi connectivity index (χ0) is 9.47. The molecule has 1 aromatic carbocycles. The molecular formula is C10H10BrNO. The maximum atomic E-state index is 10.9. The fourth-order valence-electron chi connectivity index (χ4n) is 1.62. The topological polar surface area (TPSA) is 29.1 Å². The van der Waals surface area contributed by atoms with Crippen molar-refractivity contribution >= 4 is 21.8 Å². The van der Waals surface area contributed by atoms with Crippen LogP contribution in [0.25, 0.3) is 0 Å². The van der Waals surface area contributed by atoms with Gasteiger partial charge in [0.1, 0.15) is 0 Å². The van der Waals surface area contributed by atoms with Gasteiger partial charge >= 0.3 is 0 Å². The molecule has 1 amide bonds. The van der Waals surface area contributed by atoms with Gasteiger partial charge in [0.2, 0.25) is 5.91 Å². The molecule has 0 saturated carbocycles. The summed E-state index contributed by atoms with van der Waals surface area (Å²) in [5.74, 6) is 0.127. The van der Waals surface area contributed by atoms with Crippen LogP contribution in [-0.2, 0) is 10.3 Å². The molecule has 1 fully saturated rings. The maximum absolute atomic E-state index is 10.9. The first-order valence-electron chi connectivity index (χ1n) is 4.17. The number of β-lactam (4-membered cyclic amide) rings is 1. The van der Waals surface area contributed by atoms with Crippen molar-refractivity contribution in [1.29, 1.82) is 0 Å². The van der Waals surface area contributed by atoms with Crippen molar-refractivity contribution in [2.75, 3.05) is 0 Å². The van der Waals surface area contributed by atoms with Crippen molar-refractivity contribution in [2.24, 2.45) is 0 Å². The average Bonchev–Trinajstić information content (AvgIpc) is 2.02. The average molecular weight is 240 g/mol. The van der Waals surface area contributed by atoms with E-state index in [-0.39, 0.29) is 11.4 Å². The van der Waals surface area contributed by atoms with Crippen LogP contribution in [0.15, 0.2) is 28.7 Å². The summed E-state index contributed by atoms with van der Waals surface area (Å²) in [7, 11) is 0. The number of halogens is 1. The normalized spacial score (nSPS) is 26.5. The highest BCUT2D eigenvalue weighted by atomic mass is 79.9. The highest BCUT2D eigenvalue weighted by Crippen LogP contribution is 2.32. The van der Waals surface area contributed by atoms with Gasteiger partial charge < -0.3 is 5.32 Å². The van der Waals surface area contributed by atoms with Gasteiger partial charge in [-0.25, -0.2) is 0 Å². The van der Waals surface area contributed by atoms with E-state index in [1.807, 2.05) is 31.2 Å². The van der Waals surface area contributed by atoms with Crippen molar-refractivity contribution in [1.82, 2.24) is 5.32 Å².